The first-order valence-electron chi connectivity index (χ1n) is 31.6. The number of nitrogens with zero attached hydrogens (tertiary/aromatic N) is 10. The van der Waals surface area contributed by atoms with E-state index in [9.17, 15) is 28.3 Å². The summed E-state index contributed by atoms with van der Waals surface area (Å²) < 4.78 is 102. The number of ether oxygens (including phenoxy) is 12. The van der Waals surface area contributed by atoms with Crippen LogP contribution < -0.4 is 9.80 Å². The number of esters is 2. The van der Waals surface area contributed by atoms with E-state index >= 15 is 0 Å². The molecule has 4 aromatic heterocycles. The number of amides is 2. The zero-order valence-corrected chi connectivity index (χ0v) is 59.3. The molecular formula is C61H90Cl2N10O18P2. The topological polar surface area (TPSA) is 307 Å². The van der Waals surface area contributed by atoms with E-state index in [2.05, 4.69) is 36.7 Å². The second-order valence-electron chi connectivity index (χ2n) is 27.7. The SMILES string of the molecule is C=CCC(OC[C@H]1O[C@@H](n2ncc3c(N(C(=O)OC(C)(C)C)C4CCCC4)nc(Cl)nc32)[C@@H]2OC(C)(C)O[C@@H]21)(C(=O)OCC)P(C)(C)=O.CCOC(=O)C(OC[C@H]1O[C@@H](n2ncc3c(N(C(=O)OC(C)(C)C)C4CCCC4)nc(Cl)nc32)[C@@H]2OC(C)(C)O[C@@H]21)P(C)(C)=O. The lowest BCUT2D eigenvalue weighted by molar-refractivity contribution is -0.207. The van der Waals surface area contributed by atoms with Crippen molar-refractivity contribution >= 4 is 95.3 Å². The summed E-state index contributed by atoms with van der Waals surface area (Å²) in [5, 5.41) is 8.26. The van der Waals surface area contributed by atoms with Gasteiger partial charge in [-0.1, -0.05) is 31.8 Å². The van der Waals surface area contributed by atoms with Crippen LogP contribution in [0.3, 0.4) is 0 Å². The Labute approximate surface area is 552 Å². The third-order valence-corrected chi connectivity index (χ3v) is 20.5. The first-order chi connectivity index (χ1) is 43.4. The number of anilines is 2. The quantitative estimate of drug-likeness (QED) is 0.0261. The smallest absolute Gasteiger partial charge is 0.416 e. The number of carbonyl (C=O) groups excluding carboxylic acids is 4. The van der Waals surface area contributed by atoms with E-state index in [0.29, 0.717) is 33.7 Å². The molecule has 2 unspecified atom stereocenters. The molecule has 4 saturated heterocycles. The van der Waals surface area contributed by atoms with Gasteiger partial charge in [-0.3, -0.25) is 9.80 Å². The van der Waals surface area contributed by atoms with Gasteiger partial charge in [0.1, 0.15) is 62.1 Å². The number of fused-ring (bicyclic) bond motifs is 4. The Balaban J connectivity index is 0.000000220. The van der Waals surface area contributed by atoms with Gasteiger partial charge >= 0.3 is 24.1 Å². The summed E-state index contributed by atoms with van der Waals surface area (Å²) in [5.74, 6) is -4.05. The molecule has 6 aliphatic rings. The first kappa shape index (κ1) is 72.3. The molecule has 2 amide bonds. The number of hydrogen-bond donors (Lipinski definition) is 0. The molecular weight excluding hydrogens is 1290 g/mol. The molecule has 516 valence electrons. The van der Waals surface area contributed by atoms with Crippen molar-refractivity contribution in [3.63, 3.8) is 0 Å². The van der Waals surface area contributed by atoms with E-state index < -0.39 is 121 Å². The van der Waals surface area contributed by atoms with E-state index in [4.69, 9.17) is 80.0 Å². The molecule has 2 saturated carbocycles. The third kappa shape index (κ3) is 15.9. The van der Waals surface area contributed by atoms with E-state index in [1.165, 1.54) is 42.1 Å². The van der Waals surface area contributed by atoms with Gasteiger partial charge < -0.3 is 66.0 Å². The molecule has 2 aliphatic carbocycles. The Morgan fingerprint density at radius 2 is 1.08 bits per heavy atom. The molecule has 6 fully saturated rings. The summed E-state index contributed by atoms with van der Waals surface area (Å²) in [6.45, 7) is 30.9. The van der Waals surface area contributed by atoms with E-state index in [0.717, 1.165) is 51.4 Å². The van der Waals surface area contributed by atoms with Crippen LogP contribution in [-0.4, -0.2) is 199 Å². The van der Waals surface area contributed by atoms with Gasteiger partial charge in [-0.05, 0) is 159 Å². The van der Waals surface area contributed by atoms with Gasteiger partial charge in [0.2, 0.25) is 21.8 Å². The highest BCUT2D eigenvalue weighted by Gasteiger charge is 2.60. The van der Waals surface area contributed by atoms with Crippen molar-refractivity contribution in [2.24, 2.45) is 0 Å². The van der Waals surface area contributed by atoms with Crippen LogP contribution >= 0.6 is 37.5 Å². The lowest BCUT2D eigenvalue weighted by atomic mass is 10.1. The van der Waals surface area contributed by atoms with E-state index in [1.807, 2.05) is 41.5 Å². The highest BCUT2D eigenvalue weighted by molar-refractivity contribution is 7.64. The van der Waals surface area contributed by atoms with Gasteiger partial charge in [0.25, 0.3) is 0 Å². The minimum atomic E-state index is -3.25. The summed E-state index contributed by atoms with van der Waals surface area (Å²) in [6, 6.07) is -0.263. The minimum Gasteiger partial charge on any atom is -0.464 e. The average Bonchev–Trinajstić information content (AvgIpc) is 1.60. The molecule has 28 nitrogen and oxygen atoms in total. The highest BCUT2D eigenvalue weighted by atomic mass is 35.5. The summed E-state index contributed by atoms with van der Waals surface area (Å²) in [7, 11) is -6.29. The van der Waals surface area contributed by atoms with Crippen LogP contribution in [0.15, 0.2) is 25.0 Å². The monoisotopic (exact) mass is 1380 g/mol. The molecule has 93 heavy (non-hydrogen) atoms. The molecule has 10 rings (SSSR count). The Kier molecular flexibility index (Phi) is 21.7. The highest BCUT2D eigenvalue weighted by Crippen LogP contribution is 2.56. The largest absolute Gasteiger partial charge is 0.464 e. The van der Waals surface area contributed by atoms with Crippen LogP contribution in [0.1, 0.15) is 153 Å². The number of aromatic nitrogens is 8. The van der Waals surface area contributed by atoms with Crippen LogP contribution in [0.25, 0.3) is 22.1 Å². The molecule has 0 aromatic carbocycles. The molecule has 0 N–H and O–H groups in total. The van der Waals surface area contributed by atoms with Crippen LogP contribution in [0.5, 0.6) is 0 Å². The van der Waals surface area contributed by atoms with Gasteiger partial charge in [-0.15, -0.1) is 6.58 Å². The maximum atomic E-state index is 13.6. The van der Waals surface area contributed by atoms with Gasteiger partial charge in [0.15, 0.2) is 47.0 Å². The second kappa shape index (κ2) is 27.9. The van der Waals surface area contributed by atoms with E-state index in [1.54, 1.807) is 63.7 Å². The number of halogens is 2. The van der Waals surface area contributed by atoms with Crippen LogP contribution in [-0.2, 0) is 75.6 Å². The second-order valence-corrected chi connectivity index (χ2v) is 35.1. The molecule has 8 heterocycles. The predicted octanol–water partition coefficient (Wildman–Crippen LogP) is 11.2. The van der Waals surface area contributed by atoms with Crippen molar-refractivity contribution in [3.8, 4) is 0 Å². The molecule has 0 radical (unpaired) electrons. The predicted molar refractivity (Wildman–Crippen MR) is 343 cm³/mol. The summed E-state index contributed by atoms with van der Waals surface area (Å²) in [4.78, 5) is 74.1. The lowest BCUT2D eigenvalue weighted by Crippen LogP contribution is -2.45. The number of rotatable bonds is 20. The Hall–Kier alpha value is -4.96. The van der Waals surface area contributed by atoms with Crippen molar-refractivity contribution in [2.45, 2.75) is 236 Å². The van der Waals surface area contributed by atoms with Crippen molar-refractivity contribution in [1.29, 1.82) is 0 Å². The molecule has 32 heteroatoms. The lowest BCUT2D eigenvalue weighted by Gasteiger charge is -2.35. The van der Waals surface area contributed by atoms with Crippen LogP contribution in [0, 0.1) is 0 Å². The minimum absolute atomic E-state index is 0.0274. The fourth-order valence-electron chi connectivity index (χ4n) is 12.6. The van der Waals surface area contributed by atoms with Gasteiger partial charge in [-0.2, -0.15) is 30.1 Å². The molecule has 10 atom stereocenters. The Morgan fingerprint density at radius 3 is 1.45 bits per heavy atom. The maximum Gasteiger partial charge on any atom is 0.416 e. The standard InChI is InChI=1S/C32H47ClN5O9P.C29H43ClN5O9P/c1-10-16-32(48(8,9)41,27(39)42-11-2)43-18-21-22-23(46-31(6,7)45-22)26(44-21)38-25-20(17-34-38)24(35-28(33)36-25)37(19-14-12-13-15-19)29(40)47-30(3,4)5;1-9-39-24(36)25(45(7,8)38)40-15-18-19-20(43-29(5,6)42-19)23(41-18)35-22-17(14-31-35)21(32-26(30)33-22)34(16-12-10-11-13-16)27(37)44-28(2,3)4/h10,17,19,21-23,26H,1,11-16,18H2,2-9H3;14,16,18-20,23,25H,9-13,15H2,1-8H3/t21-,22-,23-,26-,32?;18-,19-,20-,23-,25?/m11/s1. The van der Waals surface area contributed by atoms with Crippen molar-refractivity contribution < 1.29 is 85.2 Å². The first-order valence-corrected chi connectivity index (χ1v) is 37.6. The molecule has 4 aliphatic heterocycles. The zero-order valence-electron chi connectivity index (χ0n) is 56.0. The van der Waals surface area contributed by atoms with Gasteiger partial charge in [0, 0.05) is 18.5 Å². The van der Waals surface area contributed by atoms with Crippen molar-refractivity contribution in [2.75, 3.05) is 62.9 Å². The third-order valence-electron chi connectivity index (χ3n) is 16.4. The Morgan fingerprint density at radius 1 is 0.667 bits per heavy atom. The Bertz CT molecular complexity index is 3500. The molecule has 0 spiro atoms. The normalized spacial score (nSPS) is 25.7. The molecule has 0 bridgehead atoms. The fraction of sp³-hybridized carbons (Fsp3) is 0.738. The summed E-state index contributed by atoms with van der Waals surface area (Å²) >= 11 is 13.0. The summed E-state index contributed by atoms with van der Waals surface area (Å²) in [5.41, 5.74) is -0.815. The van der Waals surface area contributed by atoms with Crippen molar-refractivity contribution in [1.82, 2.24) is 39.5 Å². The number of carbonyl (C=O) groups is 4. The van der Waals surface area contributed by atoms with Crippen molar-refractivity contribution in [3.05, 3.63) is 35.6 Å². The van der Waals surface area contributed by atoms with Gasteiger partial charge in [-0.25, -0.2) is 28.5 Å². The number of hydrogen-bond acceptors (Lipinski definition) is 24. The summed E-state index contributed by atoms with van der Waals surface area (Å²) in [6.07, 6.45) is 4.75. The fourth-order valence-corrected chi connectivity index (χ4v) is 15.4. The van der Waals surface area contributed by atoms with Crippen LogP contribution in [0.4, 0.5) is 21.2 Å². The zero-order chi connectivity index (χ0) is 68.1. The van der Waals surface area contributed by atoms with Crippen LogP contribution in [0.2, 0.25) is 10.6 Å². The average molecular weight is 1380 g/mol. The maximum absolute atomic E-state index is 13.6. The van der Waals surface area contributed by atoms with Gasteiger partial charge in [0.05, 0.1) is 49.6 Å². The molecule has 4 aromatic rings. The van der Waals surface area contributed by atoms with E-state index in [-0.39, 0.29) is 55.5 Å².